The minimum atomic E-state index is -1.53. The molecule has 1 aromatic rings. The summed E-state index contributed by atoms with van der Waals surface area (Å²) in [5.74, 6) is 3.99. The largest absolute Gasteiger partial charge is 0.394 e. The normalized spacial score (nSPS) is 37.4. The molecule has 0 radical (unpaired) electrons. The van der Waals surface area contributed by atoms with Crippen LogP contribution in [0.2, 0.25) is 0 Å². The molecule has 4 aliphatic carbocycles. The fraction of sp³-hybridized carbons (Fsp3) is 0.833. The van der Waals surface area contributed by atoms with Crippen molar-refractivity contribution in [3.05, 3.63) is 34.7 Å². The maximum absolute atomic E-state index is 12.9. The van der Waals surface area contributed by atoms with Gasteiger partial charge in [0.15, 0.2) is 6.29 Å². The average molecular weight is 837 g/mol. The van der Waals surface area contributed by atoms with Gasteiger partial charge in [0, 0.05) is 24.3 Å². The Hall–Kier alpha value is -2.48. The number of nitrogens with zero attached hydrogens (tertiary/aromatic N) is 4. The Kier molecular flexibility index (Phi) is 14.5. The number of carbonyl (C=O) groups is 2. The summed E-state index contributed by atoms with van der Waals surface area (Å²) in [5, 5.41) is 39.9. The molecule has 7 rings (SSSR count). The molecule has 13 atom stereocenters. The van der Waals surface area contributed by atoms with Gasteiger partial charge in [0.05, 0.1) is 25.5 Å². The number of aliphatic hydroxyl groups is 3. The molecule has 12 heteroatoms. The number of imide groups is 1. The Morgan fingerprint density at radius 2 is 1.65 bits per heavy atom. The zero-order valence-corrected chi connectivity index (χ0v) is 37.7. The van der Waals surface area contributed by atoms with Gasteiger partial charge in [-0.05, 0) is 124 Å². The molecule has 4 fully saturated rings. The standard InChI is InChI=1S/C48H76N4O8/c1-29(2)13-12-14-30(3)37-17-18-38-36-16-15-33-25-35(19-21-47(33,6)39(36)20-22-48(37,38)7)59-28-34-26-51(50-49-34)23-10-8-9-11-24-58-46-41(43(55)42(54)40(27-53)60-46)52-44(56)31(4)32(5)45(52)57/h15,26,29-30,35-43,46,53-55H,8-14,16-25,27-28H2,1-7H3/t30-,35+,36+,37-,38+,39+,40-,41-,42-,43-,46-,47+,48-/m1/s1. The maximum atomic E-state index is 12.9. The molecule has 0 bridgehead atoms. The fourth-order valence-corrected chi connectivity index (χ4v) is 13.0. The van der Waals surface area contributed by atoms with E-state index in [9.17, 15) is 24.9 Å². The molecule has 1 saturated heterocycles. The summed E-state index contributed by atoms with van der Waals surface area (Å²) in [6.45, 7) is 16.6. The summed E-state index contributed by atoms with van der Waals surface area (Å²) in [6.07, 6.45) is 17.4. The molecule has 60 heavy (non-hydrogen) atoms. The molecular formula is C48H76N4O8. The van der Waals surface area contributed by atoms with Gasteiger partial charge in [-0.3, -0.25) is 19.2 Å². The summed E-state index contributed by atoms with van der Waals surface area (Å²) in [4.78, 5) is 26.7. The summed E-state index contributed by atoms with van der Waals surface area (Å²) >= 11 is 0. The number of amides is 2. The molecule has 336 valence electrons. The van der Waals surface area contributed by atoms with Crippen LogP contribution < -0.4 is 0 Å². The molecule has 3 heterocycles. The highest BCUT2D eigenvalue weighted by molar-refractivity contribution is 6.19. The molecule has 0 spiro atoms. The Morgan fingerprint density at radius 3 is 2.38 bits per heavy atom. The number of aromatic nitrogens is 3. The molecule has 12 nitrogen and oxygen atoms in total. The second kappa shape index (κ2) is 19.1. The predicted octanol–water partition coefficient (Wildman–Crippen LogP) is 7.29. The van der Waals surface area contributed by atoms with Crippen molar-refractivity contribution in [3.8, 4) is 0 Å². The number of hydrogen-bond donors (Lipinski definition) is 3. The number of carbonyl (C=O) groups excluding carboxylic acids is 2. The zero-order valence-electron chi connectivity index (χ0n) is 37.7. The number of aliphatic hydroxyl groups excluding tert-OH is 3. The molecule has 2 aliphatic heterocycles. The monoisotopic (exact) mass is 837 g/mol. The molecule has 3 saturated carbocycles. The third-order valence-electron chi connectivity index (χ3n) is 16.7. The number of ether oxygens (including phenoxy) is 3. The van der Waals surface area contributed by atoms with Gasteiger partial charge in [0.2, 0.25) is 0 Å². The van der Waals surface area contributed by atoms with E-state index in [-0.39, 0.29) is 23.9 Å². The van der Waals surface area contributed by atoms with E-state index in [1.54, 1.807) is 19.4 Å². The lowest BCUT2D eigenvalue weighted by molar-refractivity contribution is -0.282. The zero-order chi connectivity index (χ0) is 42.9. The van der Waals surface area contributed by atoms with Crippen molar-refractivity contribution in [2.24, 2.45) is 46.3 Å². The highest BCUT2D eigenvalue weighted by atomic mass is 16.7. The number of aryl methyl sites for hydroxylation is 1. The van der Waals surface area contributed by atoms with Crippen molar-refractivity contribution < 1.29 is 39.1 Å². The van der Waals surface area contributed by atoms with Crippen LogP contribution >= 0.6 is 0 Å². The first-order valence-electron chi connectivity index (χ1n) is 23.7. The summed E-state index contributed by atoms with van der Waals surface area (Å²) in [5.41, 5.74) is 3.91. The number of allylic oxidation sites excluding steroid dienone is 1. The second-order valence-electron chi connectivity index (χ2n) is 20.7. The molecule has 3 N–H and O–H groups in total. The molecule has 0 unspecified atom stereocenters. The van der Waals surface area contributed by atoms with Gasteiger partial charge in [0.25, 0.3) is 11.8 Å². The van der Waals surface area contributed by atoms with Gasteiger partial charge in [0.1, 0.15) is 30.0 Å². The Bertz CT molecular complexity index is 1700. The number of hydrogen-bond acceptors (Lipinski definition) is 10. The van der Waals surface area contributed by atoms with Gasteiger partial charge in [-0.1, -0.05) is 83.6 Å². The first-order chi connectivity index (χ1) is 28.7. The van der Waals surface area contributed by atoms with E-state index in [0.29, 0.717) is 23.9 Å². The van der Waals surface area contributed by atoms with Crippen LogP contribution in [0, 0.1) is 46.3 Å². The average Bonchev–Trinajstić information content (AvgIpc) is 3.89. The Morgan fingerprint density at radius 1 is 0.900 bits per heavy atom. The van der Waals surface area contributed by atoms with E-state index in [0.717, 1.165) is 84.8 Å². The first-order valence-corrected chi connectivity index (χ1v) is 23.7. The van der Waals surface area contributed by atoms with Crippen LogP contribution in [-0.2, 0) is 37.0 Å². The van der Waals surface area contributed by atoms with Crippen molar-refractivity contribution in [3.63, 3.8) is 0 Å². The smallest absolute Gasteiger partial charge is 0.257 e. The van der Waals surface area contributed by atoms with Crippen LogP contribution in [0.5, 0.6) is 0 Å². The number of unbranched alkanes of at least 4 members (excludes halogenated alkanes) is 3. The van der Waals surface area contributed by atoms with E-state index in [1.807, 2.05) is 10.9 Å². The lowest BCUT2D eigenvalue weighted by Gasteiger charge is -2.58. The van der Waals surface area contributed by atoms with Crippen LogP contribution in [0.4, 0.5) is 0 Å². The van der Waals surface area contributed by atoms with Crippen LogP contribution in [0.25, 0.3) is 0 Å². The Labute approximate surface area is 358 Å². The number of rotatable bonds is 18. The van der Waals surface area contributed by atoms with E-state index in [1.165, 1.54) is 57.8 Å². The van der Waals surface area contributed by atoms with Gasteiger partial charge < -0.3 is 29.5 Å². The van der Waals surface area contributed by atoms with Crippen LogP contribution in [0.3, 0.4) is 0 Å². The van der Waals surface area contributed by atoms with E-state index in [4.69, 9.17) is 14.2 Å². The summed E-state index contributed by atoms with van der Waals surface area (Å²) in [6, 6.07) is -1.23. The van der Waals surface area contributed by atoms with Crippen LogP contribution in [-0.4, -0.2) is 97.0 Å². The van der Waals surface area contributed by atoms with Crippen molar-refractivity contribution in [1.29, 1.82) is 0 Å². The van der Waals surface area contributed by atoms with Crippen molar-refractivity contribution in [1.82, 2.24) is 19.9 Å². The van der Waals surface area contributed by atoms with Gasteiger partial charge in [-0.2, -0.15) is 0 Å². The molecule has 6 aliphatic rings. The molecule has 0 aromatic carbocycles. The Balaban J connectivity index is 0.823. The highest BCUT2D eigenvalue weighted by Gasteiger charge is 2.59. The van der Waals surface area contributed by atoms with Gasteiger partial charge in [-0.15, -0.1) is 5.10 Å². The summed E-state index contributed by atoms with van der Waals surface area (Å²) < 4.78 is 20.1. The summed E-state index contributed by atoms with van der Waals surface area (Å²) in [7, 11) is 0. The van der Waals surface area contributed by atoms with Crippen molar-refractivity contribution >= 4 is 11.8 Å². The maximum Gasteiger partial charge on any atom is 0.257 e. The quantitative estimate of drug-likeness (QED) is 0.0780. The van der Waals surface area contributed by atoms with Gasteiger partial charge >= 0.3 is 0 Å². The third kappa shape index (κ3) is 8.99. The second-order valence-corrected chi connectivity index (χ2v) is 20.7. The molecule has 2 amide bonds. The molecular weight excluding hydrogens is 761 g/mol. The predicted molar refractivity (Wildman–Crippen MR) is 228 cm³/mol. The fourth-order valence-electron chi connectivity index (χ4n) is 13.0. The third-order valence-corrected chi connectivity index (χ3v) is 16.7. The first kappa shape index (κ1) is 45.5. The van der Waals surface area contributed by atoms with Crippen molar-refractivity contribution in [2.75, 3.05) is 13.2 Å². The highest BCUT2D eigenvalue weighted by Crippen LogP contribution is 2.67. The SMILES string of the molecule is CC1=C(C)C(=O)N([C@H]2[C@H](OCCCCCCn3cc(CO[C@H]4CC[C@@]5(C)C(=CC[C@H]6[C@@H]7CC[C@H]([C@H](C)CCCC(C)C)[C@@]7(C)CC[C@@H]65)C4)nn3)O[C@H](CO)[C@@H](O)[C@@H]2O)C1=O. The van der Waals surface area contributed by atoms with E-state index < -0.39 is 49.1 Å². The lowest BCUT2D eigenvalue weighted by atomic mass is 9.47. The minimum Gasteiger partial charge on any atom is -0.394 e. The lowest BCUT2D eigenvalue weighted by Crippen LogP contribution is -2.66. The van der Waals surface area contributed by atoms with Gasteiger partial charge in [-0.25, -0.2) is 0 Å². The van der Waals surface area contributed by atoms with Crippen LogP contribution in [0.15, 0.2) is 29.0 Å². The van der Waals surface area contributed by atoms with E-state index in [2.05, 4.69) is 51.0 Å². The molecule has 1 aromatic heterocycles. The minimum absolute atomic E-state index is 0.225. The van der Waals surface area contributed by atoms with E-state index >= 15 is 0 Å². The topological polar surface area (TPSA) is 156 Å². The van der Waals surface area contributed by atoms with Crippen LogP contribution in [0.1, 0.15) is 150 Å². The number of fused-ring (bicyclic) bond motifs is 5. The van der Waals surface area contributed by atoms with Crippen molar-refractivity contribution in [2.45, 2.75) is 195 Å².